The van der Waals surface area contributed by atoms with E-state index in [-0.39, 0.29) is 39.5 Å². The zero-order chi connectivity index (χ0) is 40.0. The quantitative estimate of drug-likeness (QED) is 0.0890. The van der Waals surface area contributed by atoms with Crippen LogP contribution < -0.4 is 16.9 Å². The Kier molecular flexibility index (Phi) is 15.7. The number of nitrogens with zero attached hydrogens (tertiary/aromatic N) is 2. The molecule has 0 radical (unpaired) electrons. The van der Waals surface area contributed by atoms with Gasteiger partial charge in [-0.2, -0.15) is 0 Å². The van der Waals surface area contributed by atoms with Crippen molar-refractivity contribution in [3.63, 3.8) is 0 Å². The number of halogens is 3. The van der Waals surface area contributed by atoms with Crippen molar-refractivity contribution >= 4 is 83.1 Å². The minimum absolute atomic E-state index is 0.168. The van der Waals surface area contributed by atoms with E-state index in [1.54, 1.807) is 26.0 Å². The fraction of sp³-hybridized carbons (Fsp3) is 0.368. The molecule has 1 fully saturated rings. The molecule has 4 N–H and O–H groups in total. The first kappa shape index (κ1) is 44.9. The van der Waals surface area contributed by atoms with E-state index in [2.05, 4.69) is 87.6 Å². The molecule has 1 heterocycles. The van der Waals surface area contributed by atoms with Crippen molar-refractivity contribution < 1.29 is 19.2 Å². The Morgan fingerprint density at radius 3 is 1.19 bits per heavy atom. The highest BCUT2D eigenvalue weighted by atomic mass is 79.9. The molecule has 1 aliphatic heterocycles. The lowest BCUT2D eigenvalue weighted by molar-refractivity contribution is -0.385. The second-order valence-corrected chi connectivity index (χ2v) is 16.5. The van der Waals surface area contributed by atoms with Gasteiger partial charge in [0, 0.05) is 48.1 Å². The second-order valence-electron chi connectivity index (χ2n) is 13.9. The van der Waals surface area contributed by atoms with Crippen LogP contribution in [0.4, 0.5) is 22.7 Å². The molecule has 4 aromatic rings. The molecule has 10 nitrogen and oxygen atoms in total. The Labute approximate surface area is 332 Å². The van der Waals surface area contributed by atoms with Gasteiger partial charge < -0.3 is 20.8 Å². The third-order valence-corrected chi connectivity index (χ3v) is 11.5. The van der Waals surface area contributed by atoms with Gasteiger partial charge in [0.1, 0.15) is 0 Å². The van der Waals surface area contributed by atoms with E-state index in [1.807, 2.05) is 65.8 Å². The van der Waals surface area contributed by atoms with Gasteiger partial charge in [0.25, 0.3) is 11.4 Å². The lowest BCUT2D eigenvalue weighted by Gasteiger charge is -2.32. The first-order chi connectivity index (χ1) is 23.8. The first-order valence-electron chi connectivity index (χ1n) is 16.4. The summed E-state index contributed by atoms with van der Waals surface area (Å²) in [6.45, 7) is 23.4. The summed E-state index contributed by atoms with van der Waals surface area (Å²) in [5, 5.41) is 21.0. The molecule has 280 valence electrons. The van der Waals surface area contributed by atoms with Gasteiger partial charge in [-0.15, -0.1) is 0 Å². The summed E-state index contributed by atoms with van der Waals surface area (Å²) >= 11 is 9.94. The summed E-state index contributed by atoms with van der Waals surface area (Å²) in [5.41, 5.74) is 21.7. The van der Waals surface area contributed by atoms with Crippen LogP contribution in [0.3, 0.4) is 0 Å². The molecule has 0 bridgehead atoms. The molecule has 0 aliphatic carbocycles. The Morgan fingerprint density at radius 1 is 0.538 bits per heavy atom. The molecular formula is C38H48BBr3N4O6. The van der Waals surface area contributed by atoms with Crippen LogP contribution in [0.1, 0.15) is 72.2 Å². The predicted molar refractivity (Wildman–Crippen MR) is 225 cm³/mol. The molecule has 0 amide bonds. The molecule has 52 heavy (non-hydrogen) atoms. The van der Waals surface area contributed by atoms with Crippen molar-refractivity contribution in [1.82, 2.24) is 0 Å². The Balaban J connectivity index is 0.000000247. The molecule has 0 atom stereocenters. The zero-order valence-corrected chi connectivity index (χ0v) is 36.6. The van der Waals surface area contributed by atoms with Crippen molar-refractivity contribution in [2.45, 2.75) is 94.3 Å². The zero-order valence-electron chi connectivity index (χ0n) is 31.8. The van der Waals surface area contributed by atoms with Crippen LogP contribution in [0.5, 0.6) is 0 Å². The standard InChI is InChI=1S/C14H22BNO2.2C8H8BrNO2.C8H10BrN/c1-9-7-11(10(2)12(16)8-9)15-17-13(3,4)14(5,6)18-15;2*1-5-3-7(9)6(2)8(4-5)10(11)12;1-5-3-7(9)6(2)8(10)4-5/h7-8H,16H2,1-6H3;2*3-4H,1-2H3;3-4H,10H2,1-2H3. The molecule has 0 aromatic heterocycles. The second kappa shape index (κ2) is 18.2. The maximum absolute atomic E-state index is 10.5. The fourth-order valence-electron chi connectivity index (χ4n) is 4.94. The van der Waals surface area contributed by atoms with Crippen molar-refractivity contribution in [2.75, 3.05) is 11.5 Å². The van der Waals surface area contributed by atoms with Gasteiger partial charge in [0.2, 0.25) is 0 Å². The first-order valence-corrected chi connectivity index (χ1v) is 18.7. The summed E-state index contributed by atoms with van der Waals surface area (Å²) in [4.78, 5) is 20.3. The minimum atomic E-state index is -0.368. The highest BCUT2D eigenvalue weighted by molar-refractivity contribution is 9.11. The van der Waals surface area contributed by atoms with Gasteiger partial charge in [-0.3, -0.25) is 20.2 Å². The smallest absolute Gasteiger partial charge is 0.399 e. The predicted octanol–water partition coefficient (Wildman–Crippen LogP) is 10.8. The third kappa shape index (κ3) is 11.6. The number of anilines is 2. The van der Waals surface area contributed by atoms with Crippen molar-refractivity contribution in [1.29, 1.82) is 0 Å². The lowest BCUT2D eigenvalue weighted by Crippen LogP contribution is -2.41. The number of nitrogen functional groups attached to an aromatic ring is 2. The van der Waals surface area contributed by atoms with Gasteiger partial charge >= 0.3 is 7.12 Å². The Bertz CT molecular complexity index is 1860. The topological polar surface area (TPSA) is 157 Å². The molecule has 14 heteroatoms. The fourth-order valence-corrected chi connectivity index (χ4v) is 6.66. The highest BCUT2D eigenvalue weighted by Crippen LogP contribution is 2.37. The number of hydrogen-bond donors (Lipinski definition) is 2. The third-order valence-electron chi connectivity index (χ3n) is 8.98. The van der Waals surface area contributed by atoms with Gasteiger partial charge in [-0.05, 0) is 152 Å². The van der Waals surface area contributed by atoms with E-state index in [1.165, 1.54) is 5.56 Å². The summed E-state index contributed by atoms with van der Waals surface area (Å²) in [7, 11) is -0.336. The minimum Gasteiger partial charge on any atom is -0.399 e. The highest BCUT2D eigenvalue weighted by Gasteiger charge is 2.52. The molecule has 0 spiro atoms. The number of nitro benzene ring substituents is 2. The van der Waals surface area contributed by atoms with Crippen molar-refractivity contribution in [2.24, 2.45) is 0 Å². The SMILES string of the molecule is Cc1cc(Br)c(C)c([N+](=O)[O-])c1.Cc1cc(Br)c(C)c([N+](=O)[O-])c1.Cc1cc(N)c(C)c(B2OC(C)(C)C(C)(C)O2)c1.Cc1cc(N)c(C)c(Br)c1. The molecular weight excluding hydrogens is 859 g/mol. The summed E-state index contributed by atoms with van der Waals surface area (Å²) in [5.74, 6) is 0. The summed E-state index contributed by atoms with van der Waals surface area (Å²) in [6.07, 6.45) is 0. The van der Waals surface area contributed by atoms with E-state index in [4.69, 9.17) is 20.8 Å². The van der Waals surface area contributed by atoms with E-state index in [0.29, 0.717) is 11.1 Å². The Morgan fingerprint density at radius 2 is 0.846 bits per heavy atom. The number of nitro groups is 2. The van der Waals surface area contributed by atoms with E-state index >= 15 is 0 Å². The normalized spacial score (nSPS) is 13.9. The van der Waals surface area contributed by atoms with Crippen LogP contribution in [0.15, 0.2) is 61.9 Å². The number of nitrogens with two attached hydrogens (primary N) is 2. The van der Waals surface area contributed by atoms with Crippen molar-refractivity contribution in [3.8, 4) is 0 Å². The Hall–Kier alpha value is -3.30. The molecule has 4 aromatic carbocycles. The van der Waals surface area contributed by atoms with Gasteiger partial charge in [-0.1, -0.05) is 53.9 Å². The van der Waals surface area contributed by atoms with Crippen LogP contribution in [-0.2, 0) is 9.31 Å². The molecule has 5 rings (SSSR count). The van der Waals surface area contributed by atoms with Crippen LogP contribution in [0.2, 0.25) is 0 Å². The maximum atomic E-state index is 10.5. The lowest BCUT2D eigenvalue weighted by atomic mass is 9.75. The van der Waals surface area contributed by atoms with E-state index in [0.717, 1.165) is 58.1 Å². The van der Waals surface area contributed by atoms with Crippen LogP contribution in [-0.4, -0.2) is 28.2 Å². The van der Waals surface area contributed by atoms with Gasteiger partial charge in [0.15, 0.2) is 0 Å². The molecule has 0 unspecified atom stereocenters. The molecule has 1 aliphatic rings. The molecule has 0 saturated carbocycles. The number of hydrogen-bond acceptors (Lipinski definition) is 8. The van der Waals surface area contributed by atoms with Crippen LogP contribution >= 0.6 is 47.8 Å². The van der Waals surface area contributed by atoms with E-state index in [9.17, 15) is 20.2 Å². The molecule has 1 saturated heterocycles. The number of aryl methyl sites for hydroxylation is 4. The van der Waals surface area contributed by atoms with E-state index < -0.39 is 0 Å². The van der Waals surface area contributed by atoms with Gasteiger partial charge in [0.05, 0.1) is 21.0 Å². The average Bonchev–Trinajstić information content (AvgIpc) is 3.23. The number of rotatable bonds is 3. The average molecular weight is 907 g/mol. The maximum Gasteiger partial charge on any atom is 0.495 e. The monoisotopic (exact) mass is 904 g/mol. The summed E-state index contributed by atoms with van der Waals surface area (Å²) < 4.78 is 14.8. The number of benzene rings is 4. The van der Waals surface area contributed by atoms with Gasteiger partial charge in [-0.25, -0.2) is 0 Å². The van der Waals surface area contributed by atoms with Crippen molar-refractivity contribution in [3.05, 3.63) is 127 Å². The van der Waals surface area contributed by atoms with Crippen LogP contribution in [0, 0.1) is 75.6 Å². The van der Waals surface area contributed by atoms with Crippen LogP contribution in [0.25, 0.3) is 0 Å². The summed E-state index contributed by atoms with van der Waals surface area (Å²) in [6, 6.07) is 15.0. The largest absolute Gasteiger partial charge is 0.495 e.